The van der Waals surface area contributed by atoms with E-state index < -0.39 is 5.82 Å². The summed E-state index contributed by atoms with van der Waals surface area (Å²) in [6, 6.07) is 11.8. The molecule has 25 heavy (non-hydrogen) atoms. The average molecular weight is 340 g/mol. The molecular formula is C19H14F2N2O2. The van der Waals surface area contributed by atoms with Crippen LogP contribution in [0.3, 0.4) is 0 Å². The van der Waals surface area contributed by atoms with Crippen molar-refractivity contribution in [1.82, 2.24) is 10.1 Å². The van der Waals surface area contributed by atoms with Crippen LogP contribution in [0.5, 0.6) is 0 Å². The number of nitrogens with zero attached hydrogens (tertiary/aromatic N) is 2. The highest BCUT2D eigenvalue weighted by molar-refractivity contribution is 5.94. The maximum absolute atomic E-state index is 14.1. The van der Waals surface area contributed by atoms with Gasteiger partial charge in [-0.15, -0.1) is 0 Å². The summed E-state index contributed by atoms with van der Waals surface area (Å²) in [5, 5.41) is 4.00. The molecule has 1 amide bonds. The van der Waals surface area contributed by atoms with Crippen LogP contribution in [0.2, 0.25) is 0 Å². The lowest BCUT2D eigenvalue weighted by Crippen LogP contribution is -2.35. The average Bonchev–Trinajstić information content (AvgIpc) is 3.05. The van der Waals surface area contributed by atoms with Crippen molar-refractivity contribution in [3.8, 4) is 11.3 Å². The Kier molecular flexibility index (Phi) is 3.80. The highest BCUT2D eigenvalue weighted by Crippen LogP contribution is 2.31. The molecule has 1 aliphatic rings. The van der Waals surface area contributed by atoms with Crippen LogP contribution in [0.4, 0.5) is 8.78 Å². The Balaban J connectivity index is 1.65. The third-order valence-electron chi connectivity index (χ3n) is 4.33. The molecule has 2 aromatic carbocycles. The van der Waals surface area contributed by atoms with Crippen molar-refractivity contribution in [2.24, 2.45) is 0 Å². The van der Waals surface area contributed by atoms with Gasteiger partial charge in [0.05, 0.1) is 6.54 Å². The van der Waals surface area contributed by atoms with E-state index in [0.717, 1.165) is 0 Å². The highest BCUT2D eigenvalue weighted by Gasteiger charge is 2.28. The van der Waals surface area contributed by atoms with Gasteiger partial charge in [0.25, 0.3) is 5.91 Å². The monoisotopic (exact) mass is 340 g/mol. The second-order valence-electron chi connectivity index (χ2n) is 5.90. The lowest BCUT2D eigenvalue weighted by Gasteiger charge is -2.26. The zero-order valence-electron chi connectivity index (χ0n) is 13.2. The molecule has 4 nitrogen and oxygen atoms in total. The molecule has 0 saturated heterocycles. The van der Waals surface area contributed by atoms with Crippen LogP contribution in [0.15, 0.2) is 53.1 Å². The third kappa shape index (κ3) is 2.80. The van der Waals surface area contributed by atoms with Crippen molar-refractivity contribution >= 4 is 5.91 Å². The van der Waals surface area contributed by atoms with Crippen molar-refractivity contribution in [1.29, 1.82) is 0 Å². The second kappa shape index (κ2) is 6.12. The predicted molar refractivity (Wildman–Crippen MR) is 86.7 cm³/mol. The molecule has 6 heteroatoms. The SMILES string of the molecule is O=C(c1ccc(F)cc1)N1CCc2onc(-c3ccccc3F)c2C1. The van der Waals surface area contributed by atoms with E-state index in [1.807, 2.05) is 0 Å². The number of benzene rings is 2. The smallest absolute Gasteiger partial charge is 0.254 e. The van der Waals surface area contributed by atoms with Crippen LogP contribution < -0.4 is 0 Å². The first-order valence-corrected chi connectivity index (χ1v) is 7.90. The molecule has 0 saturated carbocycles. The van der Waals surface area contributed by atoms with E-state index in [1.54, 1.807) is 23.1 Å². The van der Waals surface area contributed by atoms with Gasteiger partial charge in [0, 0.05) is 29.7 Å². The number of halogens is 2. The van der Waals surface area contributed by atoms with Crippen LogP contribution >= 0.6 is 0 Å². The van der Waals surface area contributed by atoms with E-state index in [0.29, 0.717) is 41.1 Å². The summed E-state index contributed by atoms with van der Waals surface area (Å²) in [5.74, 6) is -0.313. The van der Waals surface area contributed by atoms with Crippen LogP contribution in [-0.2, 0) is 13.0 Å². The Morgan fingerprint density at radius 2 is 1.84 bits per heavy atom. The summed E-state index contributed by atoms with van der Waals surface area (Å²) < 4.78 is 32.5. The Hall–Kier alpha value is -3.02. The van der Waals surface area contributed by atoms with Crippen molar-refractivity contribution in [2.75, 3.05) is 6.54 Å². The molecule has 2 heterocycles. The fraction of sp³-hybridized carbons (Fsp3) is 0.158. The minimum atomic E-state index is -0.390. The molecule has 0 aliphatic carbocycles. The maximum Gasteiger partial charge on any atom is 0.254 e. The van der Waals surface area contributed by atoms with E-state index in [1.165, 1.54) is 30.3 Å². The molecule has 0 atom stereocenters. The molecule has 1 aromatic heterocycles. The molecule has 0 spiro atoms. The fourth-order valence-electron chi connectivity index (χ4n) is 3.02. The Morgan fingerprint density at radius 3 is 2.60 bits per heavy atom. The number of amides is 1. The van der Waals surface area contributed by atoms with Crippen molar-refractivity contribution in [3.05, 3.63) is 77.1 Å². The second-order valence-corrected chi connectivity index (χ2v) is 5.90. The first kappa shape index (κ1) is 15.5. The van der Waals surface area contributed by atoms with Gasteiger partial charge in [-0.25, -0.2) is 8.78 Å². The highest BCUT2D eigenvalue weighted by atomic mass is 19.1. The number of carbonyl (C=O) groups excluding carboxylic acids is 1. The number of hydrogen-bond acceptors (Lipinski definition) is 3. The molecule has 0 fully saturated rings. The van der Waals surface area contributed by atoms with E-state index in [2.05, 4.69) is 5.16 Å². The van der Waals surface area contributed by atoms with Crippen LogP contribution in [-0.4, -0.2) is 22.5 Å². The number of carbonyl (C=O) groups is 1. The van der Waals surface area contributed by atoms with E-state index in [4.69, 9.17) is 4.52 Å². The largest absolute Gasteiger partial charge is 0.360 e. The Labute approximate surface area is 142 Å². The van der Waals surface area contributed by atoms with Crippen LogP contribution in [0, 0.1) is 11.6 Å². The molecule has 0 bridgehead atoms. The summed E-state index contributed by atoms with van der Waals surface area (Å²) in [7, 11) is 0. The maximum atomic E-state index is 14.1. The van der Waals surface area contributed by atoms with Gasteiger partial charge in [0.1, 0.15) is 23.1 Å². The molecule has 3 aromatic rings. The van der Waals surface area contributed by atoms with Crippen LogP contribution in [0.1, 0.15) is 21.7 Å². The summed E-state index contributed by atoms with van der Waals surface area (Å²) in [6.45, 7) is 0.744. The fourth-order valence-corrected chi connectivity index (χ4v) is 3.02. The van der Waals surface area contributed by atoms with Gasteiger partial charge in [-0.2, -0.15) is 0 Å². The quantitative estimate of drug-likeness (QED) is 0.712. The van der Waals surface area contributed by atoms with Gasteiger partial charge < -0.3 is 9.42 Å². The molecular weight excluding hydrogens is 326 g/mol. The molecule has 0 unspecified atom stereocenters. The van der Waals surface area contributed by atoms with Gasteiger partial charge >= 0.3 is 0 Å². The van der Waals surface area contributed by atoms with Gasteiger partial charge in [0.15, 0.2) is 0 Å². The standard InChI is InChI=1S/C19H14F2N2O2/c20-13-7-5-12(6-8-13)19(24)23-10-9-17-15(11-23)18(22-25-17)14-3-1-2-4-16(14)21/h1-8H,9-11H2. The normalized spacial score (nSPS) is 13.6. The Morgan fingerprint density at radius 1 is 1.08 bits per heavy atom. The molecule has 1 aliphatic heterocycles. The predicted octanol–water partition coefficient (Wildman–Crippen LogP) is 3.82. The van der Waals surface area contributed by atoms with E-state index >= 15 is 0 Å². The number of fused-ring (bicyclic) bond motifs is 1. The summed E-state index contributed by atoms with van der Waals surface area (Å²) >= 11 is 0. The first-order valence-electron chi connectivity index (χ1n) is 7.90. The lowest BCUT2D eigenvalue weighted by atomic mass is 10.0. The lowest BCUT2D eigenvalue weighted by molar-refractivity contribution is 0.0729. The first-order chi connectivity index (χ1) is 12.1. The molecule has 0 radical (unpaired) electrons. The van der Waals surface area contributed by atoms with Gasteiger partial charge in [-0.1, -0.05) is 17.3 Å². The topological polar surface area (TPSA) is 46.3 Å². The zero-order chi connectivity index (χ0) is 17.4. The van der Waals surface area contributed by atoms with Crippen LogP contribution in [0.25, 0.3) is 11.3 Å². The zero-order valence-corrected chi connectivity index (χ0v) is 13.2. The summed E-state index contributed by atoms with van der Waals surface area (Å²) in [6.07, 6.45) is 0.504. The number of rotatable bonds is 2. The minimum Gasteiger partial charge on any atom is -0.360 e. The summed E-state index contributed by atoms with van der Waals surface area (Å²) in [5.41, 5.74) is 1.90. The Bertz CT molecular complexity index is 935. The van der Waals surface area contributed by atoms with Crippen molar-refractivity contribution in [2.45, 2.75) is 13.0 Å². The van der Waals surface area contributed by atoms with E-state index in [9.17, 15) is 13.6 Å². The van der Waals surface area contributed by atoms with Gasteiger partial charge in [-0.3, -0.25) is 4.79 Å². The molecule has 4 rings (SSSR count). The van der Waals surface area contributed by atoms with Crippen molar-refractivity contribution in [3.63, 3.8) is 0 Å². The molecule has 126 valence electrons. The minimum absolute atomic E-state index is 0.202. The number of aromatic nitrogens is 1. The molecule has 0 N–H and O–H groups in total. The number of hydrogen-bond donors (Lipinski definition) is 0. The summed E-state index contributed by atoms with van der Waals surface area (Å²) in [4.78, 5) is 14.3. The van der Waals surface area contributed by atoms with E-state index in [-0.39, 0.29) is 18.3 Å². The third-order valence-corrected chi connectivity index (χ3v) is 4.33. The van der Waals surface area contributed by atoms with Crippen molar-refractivity contribution < 1.29 is 18.1 Å². The van der Waals surface area contributed by atoms with Gasteiger partial charge in [-0.05, 0) is 36.4 Å². The van der Waals surface area contributed by atoms with Gasteiger partial charge in [0.2, 0.25) is 0 Å².